The summed E-state index contributed by atoms with van der Waals surface area (Å²) in [4.78, 5) is 29.2. The van der Waals surface area contributed by atoms with E-state index in [1.165, 1.54) is 24.3 Å². The summed E-state index contributed by atoms with van der Waals surface area (Å²) in [6.45, 7) is 7.39. The third-order valence-electron chi connectivity index (χ3n) is 4.75. The van der Waals surface area contributed by atoms with E-state index in [1.54, 1.807) is 6.07 Å². The molecule has 3 rings (SSSR count). The fourth-order valence-corrected chi connectivity index (χ4v) is 3.24. The molecule has 0 amide bonds. The average Bonchev–Trinajstić information content (AvgIpc) is 2.70. The number of nitro groups is 1. The zero-order chi connectivity index (χ0) is 24.1. The van der Waals surface area contributed by atoms with Gasteiger partial charge in [0.1, 0.15) is 11.3 Å². The molecule has 3 aromatic rings. The monoisotopic (exact) mass is 484 g/mol. The second-order valence-corrected chi connectivity index (χ2v) is 8.48. The molecule has 0 aliphatic rings. The maximum absolute atomic E-state index is 13.0. The number of fused-ring (bicyclic) bond motifs is 2. The average molecular weight is 485 g/mol. The standard InChI is InChI=1S/C19H22N4O4.CH4O3S.H2O/c1-3-22(4-2)10-9-20-15-7-8-16(23(26)27)18-17(15)19(25)13-11-12(24)5-6-14(13)21-18;1-5(2,3)4;/h5-8,11,20,24H,3-4,9-10H2,1-2H3,(H,21,25);1H3,(H,2,3,4);1H2. The van der Waals surface area contributed by atoms with Crippen molar-refractivity contribution in [3.8, 4) is 5.75 Å². The summed E-state index contributed by atoms with van der Waals surface area (Å²) in [6.07, 6.45) is 0.715. The molecule has 1 aromatic heterocycles. The number of aromatic hydroxyl groups is 1. The second-order valence-electron chi connectivity index (χ2n) is 7.01. The number of phenols is 1. The predicted octanol–water partition coefficient (Wildman–Crippen LogP) is 1.73. The molecule has 0 spiro atoms. The number of hydrogen-bond donors (Lipinski definition) is 4. The van der Waals surface area contributed by atoms with Gasteiger partial charge in [0.2, 0.25) is 0 Å². The van der Waals surface area contributed by atoms with Crippen LogP contribution in [0.1, 0.15) is 13.8 Å². The van der Waals surface area contributed by atoms with Gasteiger partial charge in [-0.25, -0.2) is 0 Å². The number of benzene rings is 2. The van der Waals surface area contributed by atoms with Gasteiger partial charge in [0, 0.05) is 30.2 Å². The van der Waals surface area contributed by atoms with Crippen LogP contribution in [0.4, 0.5) is 11.4 Å². The largest absolute Gasteiger partial charge is 0.508 e. The Morgan fingerprint density at radius 3 is 2.33 bits per heavy atom. The van der Waals surface area contributed by atoms with Crippen LogP contribution in [0.25, 0.3) is 21.8 Å². The maximum Gasteiger partial charge on any atom is 0.293 e. The first-order valence-corrected chi connectivity index (χ1v) is 11.7. The number of phenolic OH excluding ortho intramolecular Hbond substituents is 1. The van der Waals surface area contributed by atoms with Crippen LogP contribution in [-0.4, -0.2) is 70.8 Å². The van der Waals surface area contributed by atoms with Gasteiger partial charge < -0.3 is 25.8 Å². The van der Waals surface area contributed by atoms with Gasteiger partial charge in [-0.2, -0.15) is 8.42 Å². The van der Waals surface area contributed by atoms with Crippen molar-refractivity contribution < 1.29 is 28.5 Å². The van der Waals surface area contributed by atoms with E-state index < -0.39 is 15.0 Å². The Hall–Kier alpha value is -3.26. The van der Waals surface area contributed by atoms with E-state index >= 15 is 0 Å². The summed E-state index contributed by atoms with van der Waals surface area (Å²) in [5.74, 6) is -0.0335. The first-order valence-electron chi connectivity index (χ1n) is 9.81. The normalized spacial score (nSPS) is 11.1. The van der Waals surface area contributed by atoms with E-state index in [0.29, 0.717) is 24.0 Å². The fraction of sp³-hybridized carbons (Fsp3) is 0.350. The molecule has 0 bridgehead atoms. The summed E-state index contributed by atoms with van der Waals surface area (Å²) in [6, 6.07) is 7.29. The molecule has 0 unspecified atom stereocenters. The molecule has 13 heteroatoms. The van der Waals surface area contributed by atoms with Gasteiger partial charge in [0.05, 0.1) is 22.1 Å². The topological polar surface area (TPSA) is 197 Å². The van der Waals surface area contributed by atoms with Gasteiger partial charge in [0.15, 0.2) is 5.43 Å². The quantitative estimate of drug-likeness (QED) is 0.167. The smallest absolute Gasteiger partial charge is 0.293 e. The van der Waals surface area contributed by atoms with Crippen LogP contribution in [0.3, 0.4) is 0 Å². The van der Waals surface area contributed by atoms with Gasteiger partial charge in [-0.3, -0.25) is 19.5 Å². The zero-order valence-electron chi connectivity index (χ0n) is 18.5. The molecule has 0 aliphatic carbocycles. The molecule has 0 saturated carbocycles. The summed E-state index contributed by atoms with van der Waals surface area (Å²) >= 11 is 0. The van der Waals surface area contributed by atoms with Crippen molar-refractivity contribution in [3.63, 3.8) is 0 Å². The minimum atomic E-state index is -3.67. The van der Waals surface area contributed by atoms with E-state index in [1.807, 2.05) is 0 Å². The Kier molecular flexibility index (Phi) is 9.73. The van der Waals surface area contributed by atoms with E-state index in [-0.39, 0.29) is 38.6 Å². The highest BCUT2D eigenvalue weighted by molar-refractivity contribution is 7.85. The van der Waals surface area contributed by atoms with Crippen molar-refractivity contribution >= 4 is 43.3 Å². The second kappa shape index (κ2) is 11.6. The van der Waals surface area contributed by atoms with Gasteiger partial charge in [0.25, 0.3) is 15.8 Å². The van der Waals surface area contributed by atoms with Crippen LogP contribution >= 0.6 is 0 Å². The highest BCUT2D eigenvalue weighted by Gasteiger charge is 2.19. The lowest BCUT2D eigenvalue weighted by Gasteiger charge is -2.19. The molecule has 0 fully saturated rings. The SMILES string of the molecule is CCN(CC)CCNc1ccc([N+](=O)[O-])c2[nH]c3ccc(O)cc3c(=O)c12.CS(=O)(=O)O.O. The first kappa shape index (κ1) is 27.8. The minimum Gasteiger partial charge on any atom is -0.508 e. The Balaban J connectivity index is 0.000000821. The fourth-order valence-electron chi connectivity index (χ4n) is 3.24. The summed E-state index contributed by atoms with van der Waals surface area (Å²) in [5.41, 5.74) is 0.633. The number of nitro benzene ring substituents is 1. The van der Waals surface area contributed by atoms with Crippen LogP contribution in [-0.2, 0) is 10.1 Å². The van der Waals surface area contributed by atoms with Crippen molar-refractivity contribution in [2.45, 2.75) is 13.8 Å². The Bertz CT molecular complexity index is 1280. The molecule has 6 N–H and O–H groups in total. The van der Waals surface area contributed by atoms with E-state index in [2.05, 4.69) is 29.0 Å². The molecule has 182 valence electrons. The van der Waals surface area contributed by atoms with Crippen molar-refractivity contribution in [1.82, 2.24) is 9.88 Å². The van der Waals surface area contributed by atoms with Crippen LogP contribution in [0.2, 0.25) is 0 Å². The molecule has 0 atom stereocenters. The molecular formula is C20H28N4O8S. The molecule has 33 heavy (non-hydrogen) atoms. The highest BCUT2D eigenvalue weighted by Crippen LogP contribution is 2.30. The molecule has 12 nitrogen and oxygen atoms in total. The summed E-state index contributed by atoms with van der Waals surface area (Å²) < 4.78 is 25.9. The first-order chi connectivity index (χ1) is 15.0. The molecule has 0 saturated heterocycles. The number of likely N-dealkylation sites (N-methyl/N-ethyl adjacent to an activating group) is 1. The van der Waals surface area contributed by atoms with E-state index in [9.17, 15) is 28.4 Å². The zero-order valence-corrected chi connectivity index (χ0v) is 19.3. The number of aromatic amines is 1. The highest BCUT2D eigenvalue weighted by atomic mass is 32.2. The molecule has 0 radical (unpaired) electrons. The van der Waals surface area contributed by atoms with Crippen LogP contribution < -0.4 is 10.7 Å². The molecule has 0 aliphatic heterocycles. The van der Waals surface area contributed by atoms with Crippen molar-refractivity contribution in [2.75, 3.05) is 37.8 Å². The third-order valence-corrected chi connectivity index (χ3v) is 4.75. The Morgan fingerprint density at radius 2 is 1.79 bits per heavy atom. The van der Waals surface area contributed by atoms with Gasteiger partial charge in [-0.15, -0.1) is 0 Å². The van der Waals surface area contributed by atoms with Gasteiger partial charge >= 0.3 is 0 Å². The van der Waals surface area contributed by atoms with Crippen molar-refractivity contribution in [1.29, 1.82) is 0 Å². The number of nitrogens with one attached hydrogen (secondary N) is 2. The lowest BCUT2D eigenvalue weighted by atomic mass is 10.1. The van der Waals surface area contributed by atoms with Crippen molar-refractivity contribution in [3.05, 3.63) is 50.7 Å². The van der Waals surface area contributed by atoms with Gasteiger partial charge in [-0.05, 0) is 37.4 Å². The predicted molar refractivity (Wildman–Crippen MR) is 128 cm³/mol. The third kappa shape index (κ3) is 7.39. The number of anilines is 1. The number of H-pyrrole nitrogens is 1. The van der Waals surface area contributed by atoms with Crippen molar-refractivity contribution in [2.24, 2.45) is 0 Å². The lowest BCUT2D eigenvalue weighted by Crippen LogP contribution is -2.28. The number of pyridine rings is 1. The van der Waals surface area contributed by atoms with Crippen LogP contribution in [0.15, 0.2) is 35.1 Å². The molecule has 2 aromatic carbocycles. The van der Waals surface area contributed by atoms with Crippen LogP contribution in [0, 0.1) is 10.1 Å². The number of hydrogen-bond acceptors (Lipinski definition) is 8. The van der Waals surface area contributed by atoms with E-state index in [0.717, 1.165) is 19.6 Å². The Labute approximate surface area is 190 Å². The number of non-ortho nitro benzene ring substituents is 1. The van der Waals surface area contributed by atoms with Gasteiger partial charge in [-0.1, -0.05) is 13.8 Å². The maximum atomic E-state index is 13.0. The Morgan fingerprint density at radius 1 is 1.18 bits per heavy atom. The number of nitrogens with zero attached hydrogens (tertiary/aromatic N) is 2. The lowest BCUT2D eigenvalue weighted by molar-refractivity contribution is -0.383. The number of rotatable bonds is 7. The number of aromatic nitrogens is 1. The minimum absolute atomic E-state index is 0. The summed E-state index contributed by atoms with van der Waals surface area (Å²) in [5, 5.41) is 24.9. The van der Waals surface area contributed by atoms with E-state index in [4.69, 9.17) is 4.55 Å². The molecular weight excluding hydrogens is 456 g/mol. The van der Waals surface area contributed by atoms with Crippen LogP contribution in [0.5, 0.6) is 5.75 Å². The molecule has 1 heterocycles. The summed E-state index contributed by atoms with van der Waals surface area (Å²) in [7, 11) is -3.67.